The lowest BCUT2D eigenvalue weighted by Crippen LogP contribution is -2.25. The summed E-state index contributed by atoms with van der Waals surface area (Å²) in [5.74, 6) is -0.613. The first-order valence-electron chi connectivity index (χ1n) is 6.48. The molecule has 0 saturated carbocycles. The molecule has 1 aromatic carbocycles. The molecule has 2 aliphatic heterocycles. The number of hydrogen-bond acceptors (Lipinski definition) is 4. The van der Waals surface area contributed by atoms with Gasteiger partial charge in [-0.3, -0.25) is 9.79 Å². The smallest absolute Gasteiger partial charge is 0.241 e. The van der Waals surface area contributed by atoms with E-state index in [9.17, 15) is 13.6 Å². The molecule has 7 heteroatoms. The molecule has 2 aliphatic rings. The minimum Gasteiger partial charge on any atom is -0.366 e. The molecule has 0 spiro atoms. The van der Waals surface area contributed by atoms with Crippen molar-refractivity contribution in [3.63, 3.8) is 0 Å². The van der Waals surface area contributed by atoms with E-state index < -0.39 is 22.2 Å². The summed E-state index contributed by atoms with van der Waals surface area (Å²) < 4.78 is 21.3. The topological polar surface area (TPSA) is 96.0 Å². The number of nitrogens with zero attached hydrogens (tertiary/aromatic N) is 2. The van der Waals surface area contributed by atoms with E-state index in [0.717, 1.165) is 10.6 Å². The highest BCUT2D eigenvalue weighted by molar-refractivity contribution is 7.80. The third-order valence-corrected chi connectivity index (χ3v) is 4.27. The Kier molecular flexibility index (Phi) is 3.74. The van der Waals surface area contributed by atoms with Gasteiger partial charge in [0.1, 0.15) is 5.25 Å². The third-order valence-electron chi connectivity index (χ3n) is 3.35. The lowest BCUT2D eigenvalue weighted by molar-refractivity contribution is -0.113. The van der Waals surface area contributed by atoms with Crippen molar-refractivity contribution < 1.29 is 13.6 Å². The van der Waals surface area contributed by atoms with Gasteiger partial charge in [-0.25, -0.2) is 4.21 Å². The molecule has 0 saturated heterocycles. The van der Waals surface area contributed by atoms with Gasteiger partial charge in [-0.1, -0.05) is 24.3 Å². The largest absolute Gasteiger partial charge is 0.366 e. The van der Waals surface area contributed by atoms with E-state index in [1.165, 1.54) is 12.2 Å². The van der Waals surface area contributed by atoms with E-state index in [2.05, 4.69) is 4.99 Å². The Bertz CT molecular complexity index is 870. The van der Waals surface area contributed by atoms with Crippen LogP contribution in [0.4, 0.5) is 0 Å². The van der Waals surface area contributed by atoms with E-state index in [-0.39, 0.29) is 0 Å². The Morgan fingerprint density at radius 3 is 2.86 bits per heavy atom. The molecule has 2 heterocycles. The van der Waals surface area contributed by atoms with Gasteiger partial charge >= 0.3 is 0 Å². The van der Waals surface area contributed by atoms with E-state index in [1.807, 2.05) is 30.5 Å². The molecule has 1 amide bonds. The van der Waals surface area contributed by atoms with Crippen molar-refractivity contribution in [3.8, 4) is 0 Å². The summed E-state index contributed by atoms with van der Waals surface area (Å²) in [6.45, 7) is 0. The van der Waals surface area contributed by atoms with Gasteiger partial charge in [-0.15, -0.1) is 0 Å². The average molecular weight is 315 g/mol. The first-order valence-corrected chi connectivity index (χ1v) is 7.65. The van der Waals surface area contributed by atoms with Crippen LogP contribution in [0.25, 0.3) is 6.20 Å². The minimum atomic E-state index is -2.14. The fourth-order valence-corrected chi connectivity index (χ4v) is 3.14. The summed E-state index contributed by atoms with van der Waals surface area (Å²) >= 11 is -2.14. The van der Waals surface area contributed by atoms with Crippen molar-refractivity contribution in [1.29, 1.82) is 0 Å². The molecule has 2 unspecified atom stereocenters. The second-order valence-corrected chi connectivity index (χ2v) is 5.82. The van der Waals surface area contributed by atoms with Crippen molar-refractivity contribution >= 4 is 23.2 Å². The Morgan fingerprint density at radius 2 is 2.14 bits per heavy atom. The molecular weight excluding hydrogens is 302 g/mol. The van der Waals surface area contributed by atoms with Crippen LogP contribution in [-0.4, -0.2) is 24.8 Å². The van der Waals surface area contributed by atoms with Gasteiger partial charge in [-0.05, 0) is 11.6 Å². The highest BCUT2D eigenvalue weighted by Crippen LogP contribution is 2.31. The Labute approximate surface area is 128 Å². The van der Waals surface area contributed by atoms with E-state index >= 15 is 0 Å². The zero-order chi connectivity index (χ0) is 15.7. The lowest BCUT2D eigenvalue weighted by Gasteiger charge is -2.15. The number of hydrogen-bond donors (Lipinski definition) is 2. The maximum absolute atomic E-state index is 11.7. The second kappa shape index (κ2) is 5.70. The molecule has 0 aromatic heterocycles. The fraction of sp³-hybridized carbons (Fsp3) is 0.0667. The number of benzene rings is 1. The van der Waals surface area contributed by atoms with Crippen LogP contribution < -0.4 is 16.3 Å². The predicted octanol–water partition coefficient (Wildman–Crippen LogP) is -0.270. The van der Waals surface area contributed by atoms with E-state index in [1.54, 1.807) is 17.3 Å². The van der Waals surface area contributed by atoms with Gasteiger partial charge in [0.05, 0.1) is 11.1 Å². The molecule has 6 nitrogen and oxygen atoms in total. The fourth-order valence-electron chi connectivity index (χ4n) is 2.38. The van der Waals surface area contributed by atoms with E-state index in [4.69, 9.17) is 5.73 Å². The zero-order valence-electron chi connectivity index (χ0n) is 11.4. The summed E-state index contributed by atoms with van der Waals surface area (Å²) in [7, 11) is 0. The quantitative estimate of drug-likeness (QED) is 0.593. The number of carbonyl (C=O) groups is 1. The van der Waals surface area contributed by atoms with Crippen molar-refractivity contribution in [1.82, 2.24) is 4.90 Å². The first kappa shape index (κ1) is 14.4. The molecule has 22 heavy (non-hydrogen) atoms. The highest BCUT2D eigenvalue weighted by atomic mass is 32.2. The van der Waals surface area contributed by atoms with Gasteiger partial charge in [-0.2, -0.15) is 0 Å². The summed E-state index contributed by atoms with van der Waals surface area (Å²) in [6, 6.07) is 7.55. The lowest BCUT2D eigenvalue weighted by atomic mass is 10.2. The first-order chi connectivity index (χ1) is 10.6. The molecular formula is C15H13N3O3S. The highest BCUT2D eigenvalue weighted by Gasteiger charge is 2.33. The normalized spacial score (nSPS) is 21.0. The average Bonchev–Trinajstić information content (AvgIpc) is 2.72. The van der Waals surface area contributed by atoms with Gasteiger partial charge in [0.15, 0.2) is 11.1 Å². The predicted molar refractivity (Wildman–Crippen MR) is 82.6 cm³/mol. The molecule has 3 N–H and O–H groups in total. The number of rotatable bonds is 3. The van der Waals surface area contributed by atoms with Crippen LogP contribution in [0, 0.1) is 0 Å². The van der Waals surface area contributed by atoms with Crippen LogP contribution in [0.3, 0.4) is 0 Å². The van der Waals surface area contributed by atoms with Crippen molar-refractivity contribution in [2.24, 2.45) is 10.7 Å². The summed E-state index contributed by atoms with van der Waals surface area (Å²) in [5, 5.41) is 0.909. The molecule has 112 valence electrons. The number of primary amides is 1. The maximum Gasteiger partial charge on any atom is 0.241 e. The number of allylic oxidation sites excluding steroid dienone is 1. The Morgan fingerprint density at radius 1 is 1.36 bits per heavy atom. The molecule has 0 radical (unpaired) electrons. The van der Waals surface area contributed by atoms with Crippen LogP contribution in [0.5, 0.6) is 0 Å². The van der Waals surface area contributed by atoms with Crippen LogP contribution >= 0.6 is 0 Å². The van der Waals surface area contributed by atoms with Crippen LogP contribution in [0.1, 0.15) is 0 Å². The van der Waals surface area contributed by atoms with Crippen molar-refractivity contribution in [3.05, 3.63) is 70.7 Å². The van der Waals surface area contributed by atoms with Crippen LogP contribution in [-0.2, 0) is 15.9 Å². The molecule has 1 aromatic rings. The van der Waals surface area contributed by atoms with Gasteiger partial charge in [0, 0.05) is 29.9 Å². The summed E-state index contributed by atoms with van der Waals surface area (Å²) in [5.41, 5.74) is 6.18. The number of fused-ring (bicyclic) bond motifs is 2. The standard InChI is InChI=1S/C15H13N3O3S/c16-14(19)6-5-11-9-18-8-10-3-1-2-4-12(10)17-7-13(18)15(11)22(20)21/h1-9,15H,(H2,16,19)(H,20,21)/b6-5+. The summed E-state index contributed by atoms with van der Waals surface area (Å²) in [4.78, 5) is 17.0. The number of amides is 1. The molecule has 3 rings (SSSR count). The van der Waals surface area contributed by atoms with Crippen molar-refractivity contribution in [2.45, 2.75) is 5.25 Å². The second-order valence-electron chi connectivity index (χ2n) is 4.80. The SMILES string of the molecule is NC(=O)/C=C/C1=CN2C=c3ccccc3=NC=C2C1S(=O)O. The Balaban J connectivity index is 2.12. The molecule has 2 atom stereocenters. The van der Waals surface area contributed by atoms with E-state index in [0.29, 0.717) is 11.3 Å². The minimum absolute atomic E-state index is 0.525. The monoisotopic (exact) mass is 315 g/mol. The molecule has 0 aliphatic carbocycles. The zero-order valence-corrected chi connectivity index (χ0v) is 12.2. The number of para-hydroxylation sites is 1. The van der Waals surface area contributed by atoms with Gasteiger partial charge < -0.3 is 15.2 Å². The Hall–Kier alpha value is -2.51. The number of carbonyl (C=O) groups excluding carboxylic acids is 1. The van der Waals surface area contributed by atoms with Crippen molar-refractivity contribution in [2.75, 3.05) is 0 Å². The maximum atomic E-state index is 11.7. The number of nitrogens with two attached hydrogens (primary N) is 1. The molecule has 0 fully saturated rings. The van der Waals surface area contributed by atoms with Crippen LogP contribution in [0.2, 0.25) is 0 Å². The molecule has 0 bridgehead atoms. The van der Waals surface area contributed by atoms with Crippen LogP contribution in [0.15, 0.2) is 65.1 Å². The third kappa shape index (κ3) is 2.63. The van der Waals surface area contributed by atoms with Gasteiger partial charge in [0.2, 0.25) is 5.91 Å². The summed E-state index contributed by atoms with van der Waals surface area (Å²) in [6.07, 6.45) is 7.73. The van der Waals surface area contributed by atoms with Gasteiger partial charge in [0.25, 0.3) is 0 Å².